The number of unbranched alkanes of at least 4 members (excludes halogenated alkanes) is 9. The van der Waals surface area contributed by atoms with Crippen molar-refractivity contribution in [3.8, 4) is 0 Å². The van der Waals surface area contributed by atoms with E-state index < -0.39 is 0 Å². The van der Waals surface area contributed by atoms with Gasteiger partial charge in [-0.3, -0.25) is 4.79 Å². The average Bonchev–Trinajstić information content (AvgIpc) is 3.41. The number of ether oxygens (including phenoxy) is 1. The van der Waals surface area contributed by atoms with Crippen LogP contribution in [0.25, 0.3) is 6.08 Å². The lowest BCUT2D eigenvalue weighted by Crippen LogP contribution is -2.09. The smallest absolute Gasteiger partial charge is 0.317 e. The van der Waals surface area contributed by atoms with E-state index in [1.165, 1.54) is 80.9 Å². The van der Waals surface area contributed by atoms with E-state index in [1.54, 1.807) is 0 Å². The molecule has 0 saturated carbocycles. The maximum Gasteiger partial charge on any atom is 0.317 e. The summed E-state index contributed by atoms with van der Waals surface area (Å²) in [5.74, 6) is -0.157. The van der Waals surface area contributed by atoms with Crippen molar-refractivity contribution in [2.45, 2.75) is 84.5 Å². The van der Waals surface area contributed by atoms with E-state index in [0.717, 1.165) is 6.42 Å². The van der Waals surface area contributed by atoms with E-state index in [0.29, 0.717) is 6.61 Å². The van der Waals surface area contributed by atoms with E-state index in [1.807, 2.05) is 25.1 Å². The normalized spacial score (nSPS) is 16.0. The Morgan fingerprint density at radius 1 is 0.857 bits per heavy atom. The Hall–Kier alpha value is -1.83. The molecule has 1 aromatic carbocycles. The summed E-state index contributed by atoms with van der Waals surface area (Å²) < 4.78 is 5.26. The predicted molar refractivity (Wildman–Crippen MR) is 119 cm³/mol. The molecule has 0 heterocycles. The summed E-state index contributed by atoms with van der Waals surface area (Å²) in [5.41, 5.74) is 3.64. The molecule has 0 fully saturated rings. The van der Waals surface area contributed by atoms with Crippen molar-refractivity contribution in [2.24, 2.45) is 5.92 Å². The number of esters is 1. The third kappa shape index (κ3) is 8.04. The van der Waals surface area contributed by atoms with Crippen molar-refractivity contribution in [2.75, 3.05) is 6.61 Å². The standard InChI is InChI=1S/C26H38O2/c1-3-5-6-7-8-9-10-11-12-16-19-23-24(25(23)26(27)28-4-2)21-20-22-17-14-13-15-18-22/h13-15,17-18,20-21,25H,3-12,16,19H2,1-2H3/b21-20+. The van der Waals surface area contributed by atoms with Crippen molar-refractivity contribution < 1.29 is 9.53 Å². The fourth-order valence-corrected chi connectivity index (χ4v) is 3.83. The molecule has 0 amide bonds. The molecule has 2 rings (SSSR count). The highest BCUT2D eigenvalue weighted by atomic mass is 16.5. The number of benzene rings is 1. The van der Waals surface area contributed by atoms with Crippen LogP contribution in [0, 0.1) is 5.92 Å². The molecule has 0 saturated heterocycles. The lowest BCUT2D eigenvalue weighted by molar-refractivity contribution is -0.144. The van der Waals surface area contributed by atoms with Crippen LogP contribution in [0.3, 0.4) is 0 Å². The Kier molecular flexibility index (Phi) is 10.7. The first-order chi connectivity index (χ1) is 13.8. The highest BCUT2D eigenvalue weighted by Gasteiger charge is 2.40. The van der Waals surface area contributed by atoms with E-state index >= 15 is 0 Å². The van der Waals surface area contributed by atoms with E-state index in [-0.39, 0.29) is 11.9 Å². The van der Waals surface area contributed by atoms with E-state index in [9.17, 15) is 4.79 Å². The van der Waals surface area contributed by atoms with Gasteiger partial charge in [0.1, 0.15) is 5.92 Å². The molecule has 28 heavy (non-hydrogen) atoms. The Morgan fingerprint density at radius 3 is 2.07 bits per heavy atom. The monoisotopic (exact) mass is 382 g/mol. The molecule has 0 N–H and O–H groups in total. The summed E-state index contributed by atoms with van der Waals surface area (Å²) in [6.45, 7) is 4.60. The second kappa shape index (κ2) is 13.4. The largest absolute Gasteiger partial charge is 0.465 e. The van der Waals surface area contributed by atoms with Crippen LogP contribution >= 0.6 is 0 Å². The van der Waals surface area contributed by atoms with Crippen LogP contribution in [-0.2, 0) is 9.53 Å². The van der Waals surface area contributed by atoms with Gasteiger partial charge in [-0.05, 0) is 36.5 Å². The zero-order valence-electron chi connectivity index (χ0n) is 17.9. The van der Waals surface area contributed by atoms with Crippen LogP contribution in [0.1, 0.15) is 90.0 Å². The lowest BCUT2D eigenvalue weighted by atomic mass is 10.0. The van der Waals surface area contributed by atoms with E-state index in [2.05, 4.69) is 31.2 Å². The number of allylic oxidation sites excluding steroid dienone is 1. The summed E-state index contributed by atoms with van der Waals surface area (Å²) in [4.78, 5) is 12.2. The molecule has 154 valence electrons. The molecule has 1 aliphatic rings. The fraction of sp³-hybridized carbons (Fsp3) is 0.577. The molecule has 1 aliphatic carbocycles. The summed E-state index contributed by atoms with van der Waals surface area (Å²) in [6, 6.07) is 10.3. The Bertz CT molecular complexity index is 627. The van der Waals surface area contributed by atoms with Gasteiger partial charge in [0.15, 0.2) is 0 Å². The minimum Gasteiger partial charge on any atom is -0.465 e. The maximum atomic E-state index is 12.2. The zero-order valence-corrected chi connectivity index (χ0v) is 17.9. The van der Waals surface area contributed by atoms with Gasteiger partial charge in [-0.1, -0.05) is 107 Å². The van der Waals surface area contributed by atoms with Gasteiger partial charge in [0.05, 0.1) is 6.61 Å². The van der Waals surface area contributed by atoms with Crippen LogP contribution < -0.4 is 0 Å². The maximum absolute atomic E-state index is 12.2. The third-order valence-electron chi connectivity index (χ3n) is 5.52. The molecule has 0 radical (unpaired) electrons. The van der Waals surface area contributed by atoms with Crippen molar-refractivity contribution in [1.29, 1.82) is 0 Å². The third-order valence-corrected chi connectivity index (χ3v) is 5.52. The van der Waals surface area contributed by atoms with Crippen molar-refractivity contribution in [3.63, 3.8) is 0 Å². The second-order valence-corrected chi connectivity index (χ2v) is 7.84. The van der Waals surface area contributed by atoms with Crippen molar-refractivity contribution in [3.05, 3.63) is 53.1 Å². The van der Waals surface area contributed by atoms with Crippen LogP contribution in [0.2, 0.25) is 0 Å². The summed E-state index contributed by atoms with van der Waals surface area (Å²) in [5, 5.41) is 0. The zero-order chi connectivity index (χ0) is 20.0. The van der Waals surface area contributed by atoms with Gasteiger partial charge in [-0.15, -0.1) is 0 Å². The Morgan fingerprint density at radius 2 is 1.46 bits per heavy atom. The molecule has 1 unspecified atom stereocenters. The highest BCUT2D eigenvalue weighted by Crippen LogP contribution is 2.44. The van der Waals surface area contributed by atoms with Crippen LogP contribution in [0.15, 0.2) is 47.6 Å². The van der Waals surface area contributed by atoms with Gasteiger partial charge in [-0.25, -0.2) is 0 Å². The molecule has 2 heteroatoms. The number of carbonyl (C=O) groups is 1. The number of hydrogen-bond donors (Lipinski definition) is 0. The molecule has 1 aromatic rings. The van der Waals surface area contributed by atoms with Gasteiger partial charge >= 0.3 is 5.97 Å². The van der Waals surface area contributed by atoms with Gasteiger partial charge in [0, 0.05) is 0 Å². The van der Waals surface area contributed by atoms with Crippen LogP contribution in [0.5, 0.6) is 0 Å². The summed E-state index contributed by atoms with van der Waals surface area (Å²) >= 11 is 0. The minimum atomic E-state index is -0.0847. The topological polar surface area (TPSA) is 26.3 Å². The molecule has 0 aliphatic heterocycles. The molecule has 0 bridgehead atoms. The molecular formula is C26H38O2. The van der Waals surface area contributed by atoms with Crippen LogP contribution in [-0.4, -0.2) is 12.6 Å². The van der Waals surface area contributed by atoms with Crippen LogP contribution in [0.4, 0.5) is 0 Å². The van der Waals surface area contributed by atoms with Gasteiger partial charge in [0.25, 0.3) is 0 Å². The number of carbonyl (C=O) groups excluding carboxylic acids is 1. The summed E-state index contributed by atoms with van der Waals surface area (Å²) in [7, 11) is 0. The Labute approximate surface area is 172 Å². The molecule has 0 spiro atoms. The first kappa shape index (κ1) is 22.5. The highest BCUT2D eigenvalue weighted by molar-refractivity contribution is 5.88. The molecule has 0 aromatic heterocycles. The number of hydrogen-bond acceptors (Lipinski definition) is 2. The molecular weight excluding hydrogens is 344 g/mol. The first-order valence-corrected chi connectivity index (χ1v) is 11.4. The predicted octanol–water partition coefficient (Wildman–Crippen LogP) is 7.50. The molecule has 1 atom stereocenters. The first-order valence-electron chi connectivity index (χ1n) is 11.4. The fourth-order valence-electron chi connectivity index (χ4n) is 3.83. The summed E-state index contributed by atoms with van der Waals surface area (Å²) in [6.07, 6.45) is 18.7. The number of rotatable bonds is 15. The lowest BCUT2D eigenvalue weighted by Gasteiger charge is -2.03. The molecule has 2 nitrogen and oxygen atoms in total. The Balaban J connectivity index is 1.70. The van der Waals surface area contributed by atoms with Gasteiger partial charge in [-0.2, -0.15) is 0 Å². The average molecular weight is 383 g/mol. The van der Waals surface area contributed by atoms with Crippen molar-refractivity contribution in [1.82, 2.24) is 0 Å². The SMILES string of the molecule is CCCCCCCCCCCCC1=C(/C=C/c2ccccc2)C1C(=O)OCC. The van der Waals surface area contributed by atoms with Gasteiger partial charge in [0.2, 0.25) is 0 Å². The van der Waals surface area contributed by atoms with Crippen molar-refractivity contribution >= 4 is 12.0 Å². The van der Waals surface area contributed by atoms with Gasteiger partial charge < -0.3 is 4.74 Å². The quantitative estimate of drug-likeness (QED) is 0.232. The van der Waals surface area contributed by atoms with E-state index in [4.69, 9.17) is 4.74 Å². The minimum absolute atomic E-state index is 0.0720. The second-order valence-electron chi connectivity index (χ2n) is 7.84.